The molecule has 1 unspecified atom stereocenters. The summed E-state index contributed by atoms with van der Waals surface area (Å²) >= 11 is 0. The van der Waals surface area contributed by atoms with Crippen LogP contribution in [0.4, 0.5) is 8.78 Å². The molecule has 0 aromatic heterocycles. The minimum Gasteiger partial charge on any atom is -0.357 e. The fourth-order valence-electron chi connectivity index (χ4n) is 3.41. The molecule has 1 aromatic rings. The van der Waals surface area contributed by atoms with Gasteiger partial charge in [0.05, 0.1) is 6.04 Å². The van der Waals surface area contributed by atoms with Gasteiger partial charge in [-0.25, -0.2) is 8.78 Å². The second-order valence-corrected chi connectivity index (χ2v) is 6.96. The quantitative estimate of drug-likeness (QED) is 0.337. The molecule has 1 aliphatic heterocycles. The average molecular weight is 494 g/mol. The van der Waals surface area contributed by atoms with Gasteiger partial charge in [-0.1, -0.05) is 13.0 Å². The monoisotopic (exact) mass is 494 g/mol. The number of nitrogens with one attached hydrogen (secondary N) is 2. The highest BCUT2D eigenvalue weighted by molar-refractivity contribution is 14.0. The molecular weight excluding hydrogens is 461 g/mol. The van der Waals surface area contributed by atoms with Crippen LogP contribution in [-0.2, 0) is 0 Å². The molecule has 7 heteroatoms. The standard InChI is InChI=1S/C20H32F2N4.HI/c1-4-23-20(24-11-8-16-9-12-26(5-2)13-10-16)25-15(3)18-7-6-17(21)14-19(18)22;/h6-7,14-16H,4-5,8-13H2,1-3H3,(H2,23,24,25);1H. The molecule has 0 aliphatic carbocycles. The van der Waals surface area contributed by atoms with Crippen molar-refractivity contribution in [1.29, 1.82) is 0 Å². The lowest BCUT2D eigenvalue weighted by atomic mass is 9.94. The maximum absolute atomic E-state index is 13.9. The molecule has 0 radical (unpaired) electrons. The van der Waals surface area contributed by atoms with Crippen molar-refractivity contribution in [2.24, 2.45) is 10.9 Å². The number of benzene rings is 1. The predicted octanol–water partition coefficient (Wildman–Crippen LogP) is 4.32. The Bertz CT molecular complexity index is 589. The summed E-state index contributed by atoms with van der Waals surface area (Å²) in [5, 5.41) is 6.42. The van der Waals surface area contributed by atoms with Gasteiger partial charge in [0, 0.05) is 24.7 Å². The smallest absolute Gasteiger partial charge is 0.191 e. The van der Waals surface area contributed by atoms with Crippen molar-refractivity contribution >= 4 is 29.9 Å². The topological polar surface area (TPSA) is 39.7 Å². The number of piperidine rings is 1. The second-order valence-electron chi connectivity index (χ2n) is 6.96. The number of guanidine groups is 1. The van der Waals surface area contributed by atoms with Crippen LogP contribution < -0.4 is 10.6 Å². The average Bonchev–Trinajstić information content (AvgIpc) is 2.62. The maximum Gasteiger partial charge on any atom is 0.191 e. The van der Waals surface area contributed by atoms with Crippen molar-refractivity contribution in [2.75, 3.05) is 32.7 Å². The molecule has 2 rings (SSSR count). The number of rotatable bonds is 7. The van der Waals surface area contributed by atoms with Gasteiger partial charge in [-0.15, -0.1) is 24.0 Å². The Kier molecular flexibility index (Phi) is 11.1. The highest BCUT2D eigenvalue weighted by Crippen LogP contribution is 2.20. The lowest BCUT2D eigenvalue weighted by molar-refractivity contribution is 0.188. The van der Waals surface area contributed by atoms with Gasteiger partial charge in [0.2, 0.25) is 0 Å². The highest BCUT2D eigenvalue weighted by Gasteiger charge is 2.18. The van der Waals surface area contributed by atoms with Crippen molar-refractivity contribution in [3.63, 3.8) is 0 Å². The number of hydrogen-bond donors (Lipinski definition) is 2. The molecule has 1 saturated heterocycles. The number of likely N-dealkylation sites (tertiary alicyclic amines) is 1. The molecule has 27 heavy (non-hydrogen) atoms. The van der Waals surface area contributed by atoms with Crippen LogP contribution in [0.25, 0.3) is 0 Å². The molecule has 1 atom stereocenters. The third-order valence-electron chi connectivity index (χ3n) is 5.09. The van der Waals surface area contributed by atoms with Crippen LogP contribution in [0.5, 0.6) is 0 Å². The summed E-state index contributed by atoms with van der Waals surface area (Å²) in [6.45, 7) is 11.1. The zero-order valence-corrected chi connectivity index (χ0v) is 18.9. The molecule has 0 saturated carbocycles. The summed E-state index contributed by atoms with van der Waals surface area (Å²) in [5.41, 5.74) is 0.434. The van der Waals surface area contributed by atoms with Gasteiger partial charge < -0.3 is 15.5 Å². The van der Waals surface area contributed by atoms with E-state index in [1.807, 2.05) is 13.8 Å². The van der Waals surface area contributed by atoms with Gasteiger partial charge in [-0.05, 0) is 64.7 Å². The molecule has 1 heterocycles. The third-order valence-corrected chi connectivity index (χ3v) is 5.09. The molecule has 1 aromatic carbocycles. The molecule has 0 bridgehead atoms. The molecule has 4 nitrogen and oxygen atoms in total. The van der Waals surface area contributed by atoms with Crippen LogP contribution in [0.1, 0.15) is 51.6 Å². The maximum atomic E-state index is 13.9. The summed E-state index contributed by atoms with van der Waals surface area (Å²) in [6.07, 6.45) is 3.56. The first-order valence-electron chi connectivity index (χ1n) is 9.75. The molecule has 2 N–H and O–H groups in total. The first-order valence-corrected chi connectivity index (χ1v) is 9.75. The van der Waals surface area contributed by atoms with Gasteiger partial charge >= 0.3 is 0 Å². The van der Waals surface area contributed by atoms with Crippen molar-refractivity contribution < 1.29 is 8.78 Å². The van der Waals surface area contributed by atoms with Crippen LogP contribution in [0.15, 0.2) is 23.2 Å². The van der Waals surface area contributed by atoms with E-state index in [4.69, 9.17) is 0 Å². The third kappa shape index (κ3) is 7.89. The summed E-state index contributed by atoms with van der Waals surface area (Å²) in [6, 6.07) is 3.39. The zero-order chi connectivity index (χ0) is 18.9. The van der Waals surface area contributed by atoms with E-state index in [-0.39, 0.29) is 30.0 Å². The van der Waals surface area contributed by atoms with Crippen LogP contribution >= 0.6 is 24.0 Å². The van der Waals surface area contributed by atoms with Crippen molar-refractivity contribution in [2.45, 2.75) is 46.1 Å². The Morgan fingerprint density at radius 1 is 1.26 bits per heavy atom. The number of hydrogen-bond acceptors (Lipinski definition) is 2. The van der Waals surface area contributed by atoms with E-state index in [2.05, 4.69) is 27.4 Å². The molecule has 0 amide bonds. The van der Waals surface area contributed by atoms with Gasteiger partial charge in [-0.2, -0.15) is 0 Å². The fourth-order valence-corrected chi connectivity index (χ4v) is 3.41. The Morgan fingerprint density at radius 2 is 1.96 bits per heavy atom. The van der Waals surface area contributed by atoms with Crippen LogP contribution in [-0.4, -0.2) is 43.6 Å². The Hall–Kier alpha value is -0.960. The number of halogens is 3. The lowest BCUT2D eigenvalue weighted by Crippen LogP contribution is -2.39. The van der Waals surface area contributed by atoms with Gasteiger partial charge in [-0.3, -0.25) is 4.99 Å². The Labute approximate surface area is 179 Å². The van der Waals surface area contributed by atoms with Crippen molar-refractivity contribution in [1.82, 2.24) is 15.5 Å². The molecular formula is C20H33F2IN4. The van der Waals surface area contributed by atoms with E-state index in [0.717, 1.165) is 38.0 Å². The largest absolute Gasteiger partial charge is 0.357 e. The van der Waals surface area contributed by atoms with E-state index in [1.54, 1.807) is 0 Å². The first kappa shape index (κ1) is 24.1. The molecule has 154 valence electrons. The van der Waals surface area contributed by atoms with Gasteiger partial charge in [0.15, 0.2) is 5.96 Å². The van der Waals surface area contributed by atoms with E-state index >= 15 is 0 Å². The van der Waals surface area contributed by atoms with Crippen LogP contribution in [0, 0.1) is 17.6 Å². The Balaban J connectivity index is 0.00000364. The first-order chi connectivity index (χ1) is 12.5. The summed E-state index contributed by atoms with van der Waals surface area (Å²) in [5.74, 6) is 0.308. The molecule has 1 aliphatic rings. The second kappa shape index (κ2) is 12.5. The normalized spacial score (nSPS) is 17.3. The highest BCUT2D eigenvalue weighted by atomic mass is 127. The predicted molar refractivity (Wildman–Crippen MR) is 119 cm³/mol. The van der Waals surface area contributed by atoms with Gasteiger partial charge in [0.25, 0.3) is 0 Å². The number of nitrogens with zero attached hydrogens (tertiary/aromatic N) is 2. The lowest BCUT2D eigenvalue weighted by Gasteiger charge is -2.30. The zero-order valence-electron chi connectivity index (χ0n) is 16.6. The summed E-state index contributed by atoms with van der Waals surface area (Å²) < 4.78 is 27.0. The molecule has 1 fully saturated rings. The number of aliphatic imine (C=N–C) groups is 1. The minimum absolute atomic E-state index is 0. The van der Waals surface area contributed by atoms with Crippen molar-refractivity contribution in [3.8, 4) is 0 Å². The van der Waals surface area contributed by atoms with E-state index in [1.165, 1.54) is 38.1 Å². The molecule has 0 spiro atoms. The minimum atomic E-state index is -0.562. The van der Waals surface area contributed by atoms with Gasteiger partial charge in [0.1, 0.15) is 11.6 Å². The Morgan fingerprint density at radius 3 is 2.56 bits per heavy atom. The SMILES string of the molecule is CCNC(=NCCC1CCN(CC)CC1)NC(C)c1ccc(F)cc1F.I. The van der Waals surface area contributed by atoms with Crippen LogP contribution in [0.2, 0.25) is 0 Å². The summed E-state index contributed by atoms with van der Waals surface area (Å²) in [7, 11) is 0. The van der Waals surface area contributed by atoms with Crippen molar-refractivity contribution in [3.05, 3.63) is 35.4 Å². The van der Waals surface area contributed by atoms with E-state index in [9.17, 15) is 8.78 Å². The van der Waals surface area contributed by atoms with E-state index < -0.39 is 11.6 Å². The van der Waals surface area contributed by atoms with Crippen LogP contribution in [0.3, 0.4) is 0 Å². The fraction of sp³-hybridized carbons (Fsp3) is 0.650. The van der Waals surface area contributed by atoms with E-state index in [0.29, 0.717) is 11.5 Å². The summed E-state index contributed by atoms with van der Waals surface area (Å²) in [4.78, 5) is 7.13.